The van der Waals surface area contributed by atoms with Gasteiger partial charge in [0.15, 0.2) is 0 Å². The third-order valence-corrected chi connectivity index (χ3v) is 7.59. The van der Waals surface area contributed by atoms with Crippen molar-refractivity contribution in [3.8, 4) is 0 Å². The number of benzene rings is 5. The van der Waals surface area contributed by atoms with Crippen LogP contribution in [0.3, 0.4) is 0 Å². The predicted octanol–water partition coefficient (Wildman–Crippen LogP) is 4.95. The van der Waals surface area contributed by atoms with E-state index >= 15 is 0 Å². The molecule has 5 aromatic rings. The summed E-state index contributed by atoms with van der Waals surface area (Å²) in [6.45, 7) is 0.298. The molecule has 2 aliphatic rings. The van der Waals surface area contributed by atoms with E-state index in [0.717, 1.165) is 37.2 Å². The van der Waals surface area contributed by atoms with Crippen molar-refractivity contribution in [3.05, 3.63) is 70.8 Å². The van der Waals surface area contributed by atoms with E-state index in [9.17, 15) is 19.2 Å². The van der Waals surface area contributed by atoms with E-state index in [1.165, 1.54) is 11.9 Å². The predicted molar refractivity (Wildman–Crippen MR) is 133 cm³/mol. The molecule has 0 bridgehead atoms. The average Bonchev–Trinajstić information content (AvgIpc) is 2.86. The molecule has 34 heavy (non-hydrogen) atoms. The molecule has 164 valence electrons. The monoisotopic (exact) mass is 510 g/mol. The highest BCUT2D eigenvalue weighted by molar-refractivity contribution is 9.09. The molecular weight excluding hydrogens is 496 g/mol. The second-order valence-electron chi connectivity index (χ2n) is 8.76. The number of imide groups is 2. The minimum atomic E-state index is -0.319. The van der Waals surface area contributed by atoms with E-state index < -0.39 is 0 Å². The van der Waals surface area contributed by atoms with Crippen LogP contribution in [0.4, 0.5) is 0 Å². The van der Waals surface area contributed by atoms with Crippen molar-refractivity contribution in [1.29, 1.82) is 0 Å². The van der Waals surface area contributed by atoms with Crippen LogP contribution in [0.25, 0.3) is 43.1 Å². The SMILES string of the molecule is CN1C(=O)c2ccc3c4ccc5c6c(ccc(c7ccc(c2c37)C1=O)c64)C(=O)N(CCBr)C5=O. The summed E-state index contributed by atoms with van der Waals surface area (Å²) in [5.41, 5.74) is 2.03. The van der Waals surface area contributed by atoms with Gasteiger partial charge in [0.1, 0.15) is 0 Å². The van der Waals surface area contributed by atoms with Crippen LogP contribution in [-0.4, -0.2) is 52.4 Å². The van der Waals surface area contributed by atoms with E-state index in [4.69, 9.17) is 0 Å². The molecule has 5 aromatic carbocycles. The molecule has 7 heteroatoms. The smallest absolute Gasteiger partial charge is 0.261 e. The summed E-state index contributed by atoms with van der Waals surface area (Å²) in [4.78, 5) is 54.6. The summed E-state index contributed by atoms with van der Waals surface area (Å²) < 4.78 is 0. The molecule has 0 spiro atoms. The molecule has 0 atom stereocenters. The molecule has 2 heterocycles. The Morgan fingerprint density at radius 3 is 1.26 bits per heavy atom. The second kappa shape index (κ2) is 6.39. The highest BCUT2D eigenvalue weighted by Gasteiger charge is 2.35. The van der Waals surface area contributed by atoms with Gasteiger partial charge >= 0.3 is 0 Å². The number of hydrogen-bond acceptors (Lipinski definition) is 4. The number of carbonyl (C=O) groups excluding carboxylic acids is 4. The van der Waals surface area contributed by atoms with Crippen LogP contribution in [0.1, 0.15) is 41.4 Å². The van der Waals surface area contributed by atoms with Gasteiger partial charge in [0.2, 0.25) is 0 Å². The largest absolute Gasteiger partial charge is 0.277 e. The standard InChI is InChI=1S/C27H15BrN2O4/c1-29-24(31)16-6-2-12-14-4-8-18-23-19(27(34)30(11-10-28)26(18)33)9-5-15(21(14)23)13-3-7-17(25(29)32)22(16)20(12)13/h2-9H,10-11H2,1H3. The Hall–Kier alpha value is -3.84. The van der Waals surface area contributed by atoms with E-state index in [0.29, 0.717) is 44.9 Å². The van der Waals surface area contributed by atoms with E-state index in [1.807, 2.05) is 24.3 Å². The molecule has 0 fully saturated rings. The molecule has 0 aliphatic carbocycles. The number of amides is 4. The van der Waals surface area contributed by atoms with Crippen LogP contribution in [0, 0.1) is 0 Å². The third kappa shape index (κ3) is 2.11. The fourth-order valence-corrected chi connectivity index (χ4v) is 6.08. The van der Waals surface area contributed by atoms with Crippen LogP contribution >= 0.6 is 15.9 Å². The number of halogens is 1. The molecule has 0 aromatic heterocycles. The Morgan fingerprint density at radius 1 is 0.559 bits per heavy atom. The molecule has 0 radical (unpaired) electrons. The van der Waals surface area contributed by atoms with Crippen LogP contribution < -0.4 is 0 Å². The van der Waals surface area contributed by atoms with Gasteiger partial charge in [-0.2, -0.15) is 0 Å². The summed E-state index contributed by atoms with van der Waals surface area (Å²) in [7, 11) is 1.50. The van der Waals surface area contributed by atoms with E-state index in [-0.39, 0.29) is 23.6 Å². The van der Waals surface area contributed by atoms with Gasteiger partial charge in [0.25, 0.3) is 23.6 Å². The lowest BCUT2D eigenvalue weighted by Gasteiger charge is -2.29. The van der Waals surface area contributed by atoms with Crippen molar-refractivity contribution in [1.82, 2.24) is 9.80 Å². The van der Waals surface area contributed by atoms with Gasteiger partial charge in [-0.1, -0.05) is 40.2 Å². The van der Waals surface area contributed by atoms with E-state index in [1.54, 1.807) is 24.3 Å². The molecule has 0 N–H and O–H groups in total. The first-order valence-electron chi connectivity index (χ1n) is 10.9. The van der Waals surface area contributed by atoms with Gasteiger partial charge in [0.05, 0.1) is 0 Å². The number of rotatable bonds is 2. The Balaban J connectivity index is 1.69. The Kier molecular flexibility index (Phi) is 3.69. The number of alkyl halides is 1. The van der Waals surface area contributed by atoms with Crippen molar-refractivity contribution >= 4 is 82.6 Å². The molecule has 2 aliphatic heterocycles. The summed E-state index contributed by atoms with van der Waals surface area (Å²) in [5, 5.41) is 7.11. The van der Waals surface area contributed by atoms with Crippen LogP contribution in [0.5, 0.6) is 0 Å². The van der Waals surface area contributed by atoms with Gasteiger partial charge in [-0.25, -0.2) is 0 Å². The van der Waals surface area contributed by atoms with E-state index in [2.05, 4.69) is 15.9 Å². The molecule has 7 rings (SSSR count). The Labute approximate surface area is 201 Å². The maximum Gasteiger partial charge on any atom is 0.261 e. The van der Waals surface area contributed by atoms with Crippen molar-refractivity contribution in [2.45, 2.75) is 0 Å². The zero-order valence-electron chi connectivity index (χ0n) is 17.9. The highest BCUT2D eigenvalue weighted by Crippen LogP contribution is 2.46. The lowest BCUT2D eigenvalue weighted by molar-refractivity contribution is 0.0615. The van der Waals surface area contributed by atoms with Crippen LogP contribution in [0.2, 0.25) is 0 Å². The quantitative estimate of drug-likeness (QED) is 0.146. The zero-order valence-corrected chi connectivity index (χ0v) is 19.5. The minimum absolute atomic E-state index is 0.295. The summed E-state index contributed by atoms with van der Waals surface area (Å²) in [6, 6.07) is 14.7. The molecule has 4 amide bonds. The summed E-state index contributed by atoms with van der Waals surface area (Å²) >= 11 is 3.33. The van der Waals surface area contributed by atoms with Gasteiger partial charge in [-0.15, -0.1) is 0 Å². The van der Waals surface area contributed by atoms with Gasteiger partial charge in [-0.3, -0.25) is 29.0 Å². The van der Waals surface area contributed by atoms with Gasteiger partial charge in [-0.05, 0) is 56.6 Å². The Morgan fingerprint density at radius 2 is 0.912 bits per heavy atom. The van der Waals surface area contributed by atoms with Crippen molar-refractivity contribution in [2.75, 3.05) is 18.9 Å². The summed E-state index contributed by atoms with van der Waals surface area (Å²) in [5.74, 6) is -1.23. The number of fused-ring (bicyclic) bond motifs is 2. The van der Waals surface area contributed by atoms with Gasteiger partial charge < -0.3 is 0 Å². The third-order valence-electron chi connectivity index (χ3n) is 7.23. The fraction of sp³-hybridized carbons (Fsp3) is 0.111. The topological polar surface area (TPSA) is 74.8 Å². The second-order valence-corrected chi connectivity index (χ2v) is 9.56. The highest BCUT2D eigenvalue weighted by atomic mass is 79.9. The first-order valence-corrected chi connectivity index (χ1v) is 12.0. The molecular formula is C27H15BrN2O4. The maximum atomic E-state index is 13.2. The first kappa shape index (κ1) is 19.6. The average molecular weight is 511 g/mol. The lowest BCUT2D eigenvalue weighted by atomic mass is 9.82. The summed E-state index contributed by atoms with van der Waals surface area (Å²) in [6.07, 6.45) is 0. The van der Waals surface area contributed by atoms with Gasteiger partial charge in [0, 0.05) is 51.9 Å². The lowest BCUT2D eigenvalue weighted by Crippen LogP contribution is -2.41. The number of nitrogens with zero attached hydrogens (tertiary/aromatic N) is 2. The van der Waals surface area contributed by atoms with Crippen molar-refractivity contribution < 1.29 is 19.2 Å². The molecule has 0 saturated carbocycles. The number of hydrogen-bond donors (Lipinski definition) is 0. The molecule has 0 unspecified atom stereocenters. The van der Waals surface area contributed by atoms with Crippen LogP contribution in [0.15, 0.2) is 48.5 Å². The van der Waals surface area contributed by atoms with Crippen molar-refractivity contribution in [2.24, 2.45) is 0 Å². The molecule has 6 nitrogen and oxygen atoms in total. The molecule has 0 saturated heterocycles. The minimum Gasteiger partial charge on any atom is -0.277 e. The zero-order chi connectivity index (χ0) is 23.5. The normalized spacial score (nSPS) is 15.7. The Bertz CT molecular complexity index is 1700. The number of carbonyl (C=O) groups is 4. The fourth-order valence-electron chi connectivity index (χ4n) is 5.73. The maximum absolute atomic E-state index is 13.2. The van der Waals surface area contributed by atoms with Crippen molar-refractivity contribution in [3.63, 3.8) is 0 Å². The first-order chi connectivity index (χ1) is 16.4. The van der Waals surface area contributed by atoms with Crippen LogP contribution in [-0.2, 0) is 0 Å².